The summed E-state index contributed by atoms with van der Waals surface area (Å²) >= 11 is 0. The Bertz CT molecular complexity index is 683. The van der Waals surface area contributed by atoms with E-state index in [1.165, 1.54) is 0 Å². The maximum atomic E-state index is 12.7. The van der Waals surface area contributed by atoms with Crippen LogP contribution in [0.1, 0.15) is 11.3 Å². The smallest absolute Gasteiger partial charge is 0.236 e. The van der Waals surface area contributed by atoms with Gasteiger partial charge in [0, 0.05) is 49.8 Å². The molecule has 26 heavy (non-hydrogen) atoms. The largest absolute Gasteiger partial charge is 0.379 e. The second-order valence-corrected chi connectivity index (χ2v) is 6.72. The summed E-state index contributed by atoms with van der Waals surface area (Å²) in [6.45, 7) is 3.66. The summed E-state index contributed by atoms with van der Waals surface area (Å²) in [5, 5.41) is 0. The molecule has 2 aromatic heterocycles. The fourth-order valence-corrected chi connectivity index (χ4v) is 3.16. The summed E-state index contributed by atoms with van der Waals surface area (Å²) in [5.74, 6) is 0.384. The second kappa shape index (κ2) is 9.35. The highest BCUT2D eigenvalue weighted by Crippen LogP contribution is 2.13. The lowest BCUT2D eigenvalue weighted by Crippen LogP contribution is -2.42. The van der Waals surface area contributed by atoms with Gasteiger partial charge in [0.1, 0.15) is 6.33 Å². The van der Waals surface area contributed by atoms with E-state index < -0.39 is 0 Å². The molecule has 1 amide bonds. The lowest BCUT2D eigenvalue weighted by Gasteiger charge is -2.26. The minimum Gasteiger partial charge on any atom is -0.379 e. The zero-order valence-corrected chi connectivity index (χ0v) is 15.1. The molecule has 7 nitrogen and oxygen atoms in total. The number of likely N-dealkylation sites (N-methyl/N-ethyl adjacent to an activating group) is 1. The van der Waals surface area contributed by atoms with Crippen molar-refractivity contribution in [2.45, 2.75) is 13.0 Å². The van der Waals surface area contributed by atoms with Crippen molar-refractivity contribution in [3.05, 3.63) is 54.4 Å². The summed E-state index contributed by atoms with van der Waals surface area (Å²) in [6, 6.07) is 5.85. The second-order valence-electron chi connectivity index (χ2n) is 6.72. The van der Waals surface area contributed by atoms with E-state index in [0.29, 0.717) is 39.4 Å². The monoisotopic (exact) mass is 355 g/mol. The Balaban J connectivity index is 1.53. The standard InChI is InChI=1S/C19H25N5O2/c1-23(11-16-3-2-5-20-10-16)13-19(25)24-7-8-26-14-17(12-24)9-18-4-6-21-15-22-18/h2-6,10,15,17H,7-9,11-14H2,1H3/t17-/m1/s1. The molecule has 1 aliphatic heterocycles. The van der Waals surface area contributed by atoms with E-state index in [-0.39, 0.29) is 11.8 Å². The van der Waals surface area contributed by atoms with Crippen LogP contribution in [0.3, 0.4) is 0 Å². The SMILES string of the molecule is CN(CC(=O)N1CCOC[C@H](Cc2ccncn2)C1)Cc1cccnc1. The molecule has 1 saturated heterocycles. The quantitative estimate of drug-likeness (QED) is 0.770. The number of ether oxygens (including phenoxy) is 1. The van der Waals surface area contributed by atoms with E-state index in [0.717, 1.165) is 17.7 Å². The predicted molar refractivity (Wildman–Crippen MR) is 97.2 cm³/mol. The number of hydrogen-bond acceptors (Lipinski definition) is 6. The van der Waals surface area contributed by atoms with E-state index in [2.05, 4.69) is 15.0 Å². The molecule has 138 valence electrons. The van der Waals surface area contributed by atoms with Gasteiger partial charge in [-0.1, -0.05) is 6.07 Å². The zero-order valence-electron chi connectivity index (χ0n) is 15.1. The van der Waals surface area contributed by atoms with Gasteiger partial charge in [-0.25, -0.2) is 9.97 Å². The minimum absolute atomic E-state index is 0.134. The zero-order chi connectivity index (χ0) is 18.2. The van der Waals surface area contributed by atoms with Gasteiger partial charge in [0.2, 0.25) is 5.91 Å². The maximum absolute atomic E-state index is 12.7. The Morgan fingerprint density at radius 3 is 3.04 bits per heavy atom. The van der Waals surface area contributed by atoms with Crippen LogP contribution in [0, 0.1) is 5.92 Å². The van der Waals surface area contributed by atoms with Crippen molar-refractivity contribution >= 4 is 5.91 Å². The van der Waals surface area contributed by atoms with Crippen LogP contribution in [-0.2, 0) is 22.5 Å². The number of carbonyl (C=O) groups is 1. The Labute approximate surface area is 154 Å². The molecule has 7 heteroatoms. The van der Waals surface area contributed by atoms with Crippen LogP contribution in [0.25, 0.3) is 0 Å². The maximum Gasteiger partial charge on any atom is 0.236 e. The van der Waals surface area contributed by atoms with Crippen molar-refractivity contribution in [3.63, 3.8) is 0 Å². The summed E-state index contributed by atoms with van der Waals surface area (Å²) < 4.78 is 5.70. The number of hydrogen-bond donors (Lipinski definition) is 0. The van der Waals surface area contributed by atoms with Crippen LogP contribution in [-0.4, -0.2) is 70.6 Å². The van der Waals surface area contributed by atoms with Gasteiger partial charge in [-0.3, -0.25) is 14.7 Å². The van der Waals surface area contributed by atoms with E-state index in [1.54, 1.807) is 18.7 Å². The molecule has 0 aromatic carbocycles. The first-order valence-electron chi connectivity index (χ1n) is 8.88. The molecule has 0 bridgehead atoms. The number of nitrogens with zero attached hydrogens (tertiary/aromatic N) is 5. The highest BCUT2D eigenvalue weighted by molar-refractivity contribution is 5.78. The van der Waals surface area contributed by atoms with Crippen LogP contribution in [0.2, 0.25) is 0 Å². The molecule has 2 aromatic rings. The first-order valence-corrected chi connectivity index (χ1v) is 8.88. The van der Waals surface area contributed by atoms with Crippen LogP contribution in [0.15, 0.2) is 43.1 Å². The fourth-order valence-electron chi connectivity index (χ4n) is 3.16. The van der Waals surface area contributed by atoms with Crippen LogP contribution in [0.4, 0.5) is 0 Å². The van der Waals surface area contributed by atoms with Gasteiger partial charge in [-0.2, -0.15) is 0 Å². The van der Waals surface area contributed by atoms with Crippen molar-refractivity contribution in [2.75, 3.05) is 39.9 Å². The molecule has 0 radical (unpaired) electrons. The molecular weight excluding hydrogens is 330 g/mol. The number of pyridine rings is 1. The molecule has 0 N–H and O–H groups in total. The summed E-state index contributed by atoms with van der Waals surface area (Å²) in [6.07, 6.45) is 7.68. The molecule has 0 saturated carbocycles. The van der Waals surface area contributed by atoms with Gasteiger partial charge in [-0.15, -0.1) is 0 Å². The average molecular weight is 355 g/mol. The third-order valence-electron chi connectivity index (χ3n) is 4.41. The third kappa shape index (κ3) is 5.57. The molecule has 3 rings (SSSR count). The summed E-state index contributed by atoms with van der Waals surface area (Å²) in [4.78, 5) is 29.0. The third-order valence-corrected chi connectivity index (χ3v) is 4.41. The fraction of sp³-hybridized carbons (Fsp3) is 0.474. The Kier molecular flexibility index (Phi) is 6.62. The van der Waals surface area contributed by atoms with E-state index in [9.17, 15) is 4.79 Å². The Hall–Kier alpha value is -2.38. The Morgan fingerprint density at radius 1 is 1.35 bits per heavy atom. The molecule has 1 aliphatic rings. The number of carbonyl (C=O) groups excluding carboxylic acids is 1. The van der Waals surface area contributed by atoms with Crippen molar-refractivity contribution in [1.82, 2.24) is 24.8 Å². The normalized spacial score (nSPS) is 17.9. The van der Waals surface area contributed by atoms with Gasteiger partial charge >= 0.3 is 0 Å². The van der Waals surface area contributed by atoms with Crippen molar-refractivity contribution in [2.24, 2.45) is 5.92 Å². The number of aromatic nitrogens is 3. The lowest BCUT2D eigenvalue weighted by molar-refractivity contribution is -0.132. The van der Waals surface area contributed by atoms with Crippen molar-refractivity contribution < 1.29 is 9.53 Å². The van der Waals surface area contributed by atoms with Crippen LogP contribution < -0.4 is 0 Å². The van der Waals surface area contributed by atoms with Gasteiger partial charge in [-0.05, 0) is 31.2 Å². The van der Waals surface area contributed by atoms with Crippen molar-refractivity contribution in [3.8, 4) is 0 Å². The van der Waals surface area contributed by atoms with Gasteiger partial charge < -0.3 is 9.64 Å². The molecule has 1 atom stereocenters. The predicted octanol–water partition coefficient (Wildman–Crippen LogP) is 1.02. The van der Waals surface area contributed by atoms with Crippen LogP contribution >= 0.6 is 0 Å². The molecule has 1 fully saturated rings. The molecule has 0 spiro atoms. The van der Waals surface area contributed by atoms with Crippen LogP contribution in [0.5, 0.6) is 0 Å². The molecule has 0 aliphatic carbocycles. The van der Waals surface area contributed by atoms with Crippen molar-refractivity contribution in [1.29, 1.82) is 0 Å². The first kappa shape index (κ1) is 18.4. The van der Waals surface area contributed by atoms with E-state index in [4.69, 9.17) is 4.74 Å². The molecular formula is C19H25N5O2. The summed E-state index contributed by atoms with van der Waals surface area (Å²) in [7, 11) is 1.96. The number of amides is 1. The average Bonchev–Trinajstić information content (AvgIpc) is 2.89. The summed E-state index contributed by atoms with van der Waals surface area (Å²) in [5.41, 5.74) is 2.08. The van der Waals surface area contributed by atoms with Gasteiger partial charge in [0.25, 0.3) is 0 Å². The Morgan fingerprint density at radius 2 is 2.27 bits per heavy atom. The van der Waals surface area contributed by atoms with Gasteiger partial charge in [0.15, 0.2) is 0 Å². The lowest BCUT2D eigenvalue weighted by atomic mass is 10.0. The highest BCUT2D eigenvalue weighted by atomic mass is 16.5. The van der Waals surface area contributed by atoms with Gasteiger partial charge in [0.05, 0.1) is 19.8 Å². The number of rotatable bonds is 6. The molecule has 3 heterocycles. The van der Waals surface area contributed by atoms with E-state index >= 15 is 0 Å². The van der Waals surface area contributed by atoms with E-state index in [1.807, 2.05) is 41.2 Å². The molecule has 0 unspecified atom stereocenters. The topological polar surface area (TPSA) is 71.5 Å². The highest BCUT2D eigenvalue weighted by Gasteiger charge is 2.23. The first-order chi connectivity index (χ1) is 12.7. The minimum atomic E-state index is 0.134.